The van der Waals surface area contributed by atoms with Crippen LogP contribution in [0.1, 0.15) is 52.4 Å². The highest BCUT2D eigenvalue weighted by molar-refractivity contribution is 5.93. The molecule has 0 radical (unpaired) electrons. The molecule has 2 heterocycles. The lowest BCUT2D eigenvalue weighted by molar-refractivity contribution is -0.132. The van der Waals surface area contributed by atoms with Gasteiger partial charge in [-0.25, -0.2) is 0 Å². The van der Waals surface area contributed by atoms with Gasteiger partial charge in [0.2, 0.25) is 5.91 Å². The summed E-state index contributed by atoms with van der Waals surface area (Å²) in [6.07, 6.45) is 4.85. The topological polar surface area (TPSA) is 62.7 Å². The zero-order chi connectivity index (χ0) is 21.7. The number of carbonyl (C=O) groups excluding carboxylic acids is 2. The number of nitrogens with zero attached hydrogens (tertiary/aromatic N) is 3. The van der Waals surface area contributed by atoms with Crippen molar-refractivity contribution in [3.05, 3.63) is 58.9 Å². The average Bonchev–Trinajstić information content (AvgIpc) is 2.77. The normalized spacial score (nSPS) is 16.3. The molecule has 1 fully saturated rings. The van der Waals surface area contributed by atoms with E-state index in [1.165, 1.54) is 0 Å². The summed E-state index contributed by atoms with van der Waals surface area (Å²) in [5, 5.41) is 0. The number of rotatable bonds is 6. The summed E-state index contributed by atoms with van der Waals surface area (Å²) in [5.74, 6) is 1.22. The first kappa shape index (κ1) is 21.8. The minimum Gasteiger partial charge on any atom is -0.496 e. The minimum absolute atomic E-state index is 0.0525. The van der Waals surface area contributed by atoms with Crippen molar-refractivity contribution in [2.24, 2.45) is 0 Å². The van der Waals surface area contributed by atoms with Crippen molar-refractivity contribution >= 4 is 11.8 Å². The molecule has 1 aliphatic heterocycles. The minimum atomic E-state index is -0.0525. The number of hydrogen-bond donors (Lipinski definition) is 0. The molecule has 0 spiro atoms. The molecule has 1 aliphatic rings. The van der Waals surface area contributed by atoms with Crippen LogP contribution in [0.2, 0.25) is 0 Å². The third-order valence-electron chi connectivity index (χ3n) is 5.72. The molecule has 2 aromatic rings. The molecule has 30 heavy (non-hydrogen) atoms. The van der Waals surface area contributed by atoms with Gasteiger partial charge in [0.15, 0.2) is 0 Å². The van der Waals surface area contributed by atoms with E-state index in [2.05, 4.69) is 11.1 Å². The molecule has 1 unspecified atom stereocenters. The average molecular weight is 410 g/mol. The molecule has 1 saturated heterocycles. The Labute approximate surface area is 178 Å². The molecule has 160 valence electrons. The second-order valence-electron chi connectivity index (χ2n) is 8.15. The predicted octanol–water partition coefficient (Wildman–Crippen LogP) is 3.44. The Bertz CT molecular complexity index is 893. The summed E-state index contributed by atoms with van der Waals surface area (Å²) in [6, 6.07) is 9.83. The smallest absolute Gasteiger partial charge is 0.254 e. The van der Waals surface area contributed by atoms with Crippen LogP contribution in [-0.4, -0.2) is 60.9 Å². The first-order valence-corrected chi connectivity index (χ1v) is 10.5. The van der Waals surface area contributed by atoms with Gasteiger partial charge in [0.25, 0.3) is 5.91 Å². The van der Waals surface area contributed by atoms with E-state index in [0.717, 1.165) is 48.4 Å². The highest BCUT2D eigenvalue weighted by atomic mass is 16.5. The second kappa shape index (κ2) is 9.74. The van der Waals surface area contributed by atoms with Gasteiger partial charge in [0.1, 0.15) is 5.75 Å². The van der Waals surface area contributed by atoms with Crippen molar-refractivity contribution < 1.29 is 14.3 Å². The van der Waals surface area contributed by atoms with Crippen LogP contribution < -0.4 is 4.74 Å². The molecule has 2 amide bonds. The predicted molar refractivity (Wildman–Crippen MR) is 117 cm³/mol. The number of carbonyl (C=O) groups is 2. The van der Waals surface area contributed by atoms with E-state index in [1.54, 1.807) is 32.3 Å². The first-order valence-electron chi connectivity index (χ1n) is 10.5. The number of aryl methyl sites for hydroxylation is 2. The Morgan fingerprint density at radius 2 is 2.03 bits per heavy atom. The number of likely N-dealkylation sites (tertiary alicyclic amines) is 1. The van der Waals surface area contributed by atoms with Gasteiger partial charge in [-0.3, -0.25) is 14.6 Å². The molecule has 1 aromatic heterocycles. The molecular formula is C24H31N3O3. The van der Waals surface area contributed by atoms with Gasteiger partial charge in [-0.1, -0.05) is 12.1 Å². The summed E-state index contributed by atoms with van der Waals surface area (Å²) in [7, 11) is 5.13. The Morgan fingerprint density at radius 3 is 2.67 bits per heavy atom. The Balaban J connectivity index is 1.58. The van der Waals surface area contributed by atoms with Gasteiger partial charge in [-0.15, -0.1) is 0 Å². The molecule has 1 aromatic carbocycles. The van der Waals surface area contributed by atoms with Crippen LogP contribution in [-0.2, 0) is 11.2 Å². The third kappa shape index (κ3) is 5.17. The van der Waals surface area contributed by atoms with E-state index < -0.39 is 0 Å². The number of piperidine rings is 1. The van der Waals surface area contributed by atoms with Crippen LogP contribution in [0, 0.1) is 6.92 Å². The van der Waals surface area contributed by atoms with Crippen molar-refractivity contribution in [3.8, 4) is 5.75 Å². The molecule has 6 nitrogen and oxygen atoms in total. The quantitative estimate of drug-likeness (QED) is 0.733. The summed E-state index contributed by atoms with van der Waals surface area (Å²) in [5.41, 5.74) is 3.77. The third-order valence-corrected chi connectivity index (χ3v) is 5.72. The monoisotopic (exact) mass is 409 g/mol. The van der Waals surface area contributed by atoms with Crippen molar-refractivity contribution in [1.29, 1.82) is 0 Å². The van der Waals surface area contributed by atoms with Crippen LogP contribution in [0.15, 0.2) is 36.5 Å². The van der Waals surface area contributed by atoms with E-state index in [4.69, 9.17) is 4.74 Å². The number of pyridine rings is 1. The van der Waals surface area contributed by atoms with Crippen LogP contribution in [0.5, 0.6) is 5.75 Å². The summed E-state index contributed by atoms with van der Waals surface area (Å²) < 4.78 is 5.30. The summed E-state index contributed by atoms with van der Waals surface area (Å²) in [4.78, 5) is 32.9. The van der Waals surface area contributed by atoms with Gasteiger partial charge in [0, 0.05) is 51.4 Å². The second-order valence-corrected chi connectivity index (χ2v) is 8.15. The summed E-state index contributed by atoms with van der Waals surface area (Å²) >= 11 is 0. The highest BCUT2D eigenvalue weighted by Crippen LogP contribution is 2.26. The Hall–Kier alpha value is -2.89. The van der Waals surface area contributed by atoms with Crippen molar-refractivity contribution in [2.45, 2.75) is 38.5 Å². The molecule has 3 rings (SSSR count). The molecule has 0 bridgehead atoms. The standard InChI is InChI=1S/C24H31N3O3/c1-17-14-18(7-11-22(17)30-4)8-12-23(28)27-13-5-6-20(16-27)21-10-9-19(15-25-21)24(29)26(2)3/h7,9-11,14-15,20H,5-6,8,12-13,16H2,1-4H3. The lowest BCUT2D eigenvalue weighted by Gasteiger charge is -2.32. The molecular weight excluding hydrogens is 378 g/mol. The van der Waals surface area contributed by atoms with Crippen molar-refractivity contribution in [2.75, 3.05) is 34.3 Å². The lowest BCUT2D eigenvalue weighted by Crippen LogP contribution is -2.39. The first-order chi connectivity index (χ1) is 14.4. The maximum absolute atomic E-state index is 12.8. The van der Waals surface area contributed by atoms with Crippen LogP contribution >= 0.6 is 0 Å². The van der Waals surface area contributed by atoms with Crippen LogP contribution in [0.4, 0.5) is 0 Å². The molecule has 0 saturated carbocycles. The van der Waals surface area contributed by atoms with Gasteiger partial charge in [-0.2, -0.15) is 0 Å². The molecule has 0 N–H and O–H groups in total. The number of amides is 2. The van der Waals surface area contributed by atoms with E-state index in [1.807, 2.05) is 36.1 Å². The summed E-state index contributed by atoms with van der Waals surface area (Å²) in [6.45, 7) is 3.51. The number of hydrogen-bond acceptors (Lipinski definition) is 4. The number of aromatic nitrogens is 1. The van der Waals surface area contributed by atoms with Crippen molar-refractivity contribution in [1.82, 2.24) is 14.8 Å². The zero-order valence-corrected chi connectivity index (χ0v) is 18.4. The fourth-order valence-corrected chi connectivity index (χ4v) is 3.98. The maximum atomic E-state index is 12.8. The van der Waals surface area contributed by atoms with E-state index >= 15 is 0 Å². The van der Waals surface area contributed by atoms with Gasteiger partial charge in [0.05, 0.1) is 12.7 Å². The van der Waals surface area contributed by atoms with E-state index in [-0.39, 0.29) is 17.7 Å². The largest absolute Gasteiger partial charge is 0.496 e. The number of benzene rings is 1. The Morgan fingerprint density at radius 1 is 1.23 bits per heavy atom. The SMILES string of the molecule is COc1ccc(CCC(=O)N2CCCC(c3ccc(C(=O)N(C)C)cn3)C2)cc1C. The maximum Gasteiger partial charge on any atom is 0.254 e. The van der Waals surface area contributed by atoms with Gasteiger partial charge >= 0.3 is 0 Å². The molecule has 1 atom stereocenters. The highest BCUT2D eigenvalue weighted by Gasteiger charge is 2.25. The van der Waals surface area contributed by atoms with Crippen LogP contribution in [0.3, 0.4) is 0 Å². The molecule has 0 aliphatic carbocycles. The lowest BCUT2D eigenvalue weighted by atomic mass is 9.93. The van der Waals surface area contributed by atoms with E-state index in [0.29, 0.717) is 18.5 Å². The van der Waals surface area contributed by atoms with Crippen LogP contribution in [0.25, 0.3) is 0 Å². The number of ether oxygens (including phenoxy) is 1. The van der Waals surface area contributed by atoms with E-state index in [9.17, 15) is 9.59 Å². The van der Waals surface area contributed by atoms with Crippen molar-refractivity contribution in [3.63, 3.8) is 0 Å². The number of methoxy groups -OCH3 is 1. The van der Waals surface area contributed by atoms with Gasteiger partial charge in [-0.05, 0) is 55.5 Å². The van der Waals surface area contributed by atoms with Gasteiger partial charge < -0.3 is 14.5 Å². The Kier molecular flexibility index (Phi) is 7.08. The zero-order valence-electron chi connectivity index (χ0n) is 18.4. The fraction of sp³-hybridized carbons (Fsp3) is 0.458. The fourth-order valence-electron chi connectivity index (χ4n) is 3.98. The molecule has 6 heteroatoms.